The van der Waals surface area contributed by atoms with Crippen LogP contribution >= 0.6 is 0 Å². The Morgan fingerprint density at radius 3 is 2.71 bits per heavy atom. The van der Waals surface area contributed by atoms with Crippen LogP contribution in [0.25, 0.3) is 0 Å². The number of hydrogen-bond donors (Lipinski definition) is 1. The highest BCUT2D eigenvalue weighted by atomic mass is 16.5. The van der Waals surface area contributed by atoms with Gasteiger partial charge in [-0.25, -0.2) is 0 Å². The molecule has 0 saturated carbocycles. The summed E-state index contributed by atoms with van der Waals surface area (Å²) in [5, 5.41) is 10.6. The second-order valence-electron chi connectivity index (χ2n) is 5.61. The van der Waals surface area contributed by atoms with E-state index < -0.39 is 5.60 Å². The van der Waals surface area contributed by atoms with Gasteiger partial charge in [-0.2, -0.15) is 0 Å². The second-order valence-corrected chi connectivity index (χ2v) is 5.61. The zero-order chi connectivity index (χ0) is 14.5. The van der Waals surface area contributed by atoms with Crippen molar-refractivity contribution in [3.8, 4) is 5.75 Å². The number of hydrogen-bond acceptors (Lipinski definition) is 4. The molecule has 1 fully saturated rings. The van der Waals surface area contributed by atoms with Crippen molar-refractivity contribution >= 4 is 0 Å². The average Bonchev–Trinajstić information content (AvgIpc) is 2.89. The maximum atomic E-state index is 10.6. The van der Waals surface area contributed by atoms with Crippen LogP contribution in [-0.2, 0) is 6.54 Å². The molecular formula is C17H20N2O2. The number of benzene rings is 1. The van der Waals surface area contributed by atoms with Crippen LogP contribution in [0.15, 0.2) is 54.7 Å². The summed E-state index contributed by atoms with van der Waals surface area (Å²) in [5.74, 6) is 0.800. The van der Waals surface area contributed by atoms with Crippen LogP contribution in [0, 0.1) is 0 Å². The number of aromatic nitrogens is 1. The SMILES string of the molecule is OC1(COc2ccccc2)CCN(Cc2ccccn2)C1. The minimum Gasteiger partial charge on any atom is -0.491 e. The predicted octanol–water partition coefficient (Wildman–Crippen LogP) is 2.10. The molecule has 1 aliphatic heterocycles. The minimum absolute atomic E-state index is 0.329. The highest BCUT2D eigenvalue weighted by Crippen LogP contribution is 2.24. The Bertz CT molecular complexity index is 562. The molecule has 1 aromatic heterocycles. The second kappa shape index (κ2) is 6.24. The third kappa shape index (κ3) is 3.80. The van der Waals surface area contributed by atoms with Gasteiger partial charge in [-0.05, 0) is 30.7 Å². The molecule has 0 aliphatic carbocycles. The van der Waals surface area contributed by atoms with Crippen molar-refractivity contribution in [2.45, 2.75) is 18.6 Å². The van der Waals surface area contributed by atoms with Gasteiger partial charge < -0.3 is 9.84 Å². The number of β-amino-alcohol motifs (C(OH)–C–C–N with tert-alkyl or cyclic N) is 1. The number of pyridine rings is 1. The smallest absolute Gasteiger partial charge is 0.119 e. The van der Waals surface area contributed by atoms with Crippen molar-refractivity contribution in [2.24, 2.45) is 0 Å². The van der Waals surface area contributed by atoms with E-state index >= 15 is 0 Å². The first-order valence-corrected chi connectivity index (χ1v) is 7.26. The molecule has 21 heavy (non-hydrogen) atoms. The van der Waals surface area contributed by atoms with Gasteiger partial charge >= 0.3 is 0 Å². The van der Waals surface area contributed by atoms with Crippen molar-refractivity contribution in [3.05, 3.63) is 60.4 Å². The molecule has 1 aliphatic rings. The van der Waals surface area contributed by atoms with E-state index in [2.05, 4.69) is 9.88 Å². The molecular weight excluding hydrogens is 264 g/mol. The fourth-order valence-corrected chi connectivity index (χ4v) is 2.65. The van der Waals surface area contributed by atoms with Gasteiger partial charge in [0.2, 0.25) is 0 Å². The summed E-state index contributed by atoms with van der Waals surface area (Å²) in [6, 6.07) is 15.5. The molecule has 1 aromatic carbocycles. The van der Waals surface area contributed by atoms with E-state index in [0.29, 0.717) is 13.2 Å². The zero-order valence-corrected chi connectivity index (χ0v) is 12.0. The van der Waals surface area contributed by atoms with E-state index in [0.717, 1.165) is 31.0 Å². The third-order valence-electron chi connectivity index (χ3n) is 3.77. The van der Waals surface area contributed by atoms with Crippen LogP contribution in [0.1, 0.15) is 12.1 Å². The first-order valence-electron chi connectivity index (χ1n) is 7.26. The molecule has 110 valence electrons. The number of para-hydroxylation sites is 1. The Morgan fingerprint density at radius 2 is 1.95 bits per heavy atom. The molecule has 1 unspecified atom stereocenters. The molecule has 2 aromatic rings. The van der Waals surface area contributed by atoms with E-state index in [1.54, 1.807) is 6.20 Å². The third-order valence-corrected chi connectivity index (χ3v) is 3.77. The molecule has 0 bridgehead atoms. The lowest BCUT2D eigenvalue weighted by atomic mass is 10.1. The number of aliphatic hydroxyl groups is 1. The van der Waals surface area contributed by atoms with Crippen LogP contribution in [0.4, 0.5) is 0 Å². The van der Waals surface area contributed by atoms with Crippen molar-refractivity contribution in [1.82, 2.24) is 9.88 Å². The maximum Gasteiger partial charge on any atom is 0.119 e. The van der Waals surface area contributed by atoms with E-state index in [9.17, 15) is 5.11 Å². The molecule has 0 amide bonds. The van der Waals surface area contributed by atoms with Gasteiger partial charge in [0.15, 0.2) is 0 Å². The molecule has 3 rings (SSSR count). The van der Waals surface area contributed by atoms with Crippen molar-refractivity contribution in [3.63, 3.8) is 0 Å². The Hall–Kier alpha value is -1.91. The molecule has 4 nitrogen and oxygen atoms in total. The van der Waals surface area contributed by atoms with E-state index in [-0.39, 0.29) is 0 Å². The van der Waals surface area contributed by atoms with Gasteiger partial charge in [0, 0.05) is 25.8 Å². The van der Waals surface area contributed by atoms with E-state index in [4.69, 9.17) is 4.74 Å². The average molecular weight is 284 g/mol. The summed E-state index contributed by atoms with van der Waals surface area (Å²) >= 11 is 0. The van der Waals surface area contributed by atoms with Crippen molar-refractivity contribution in [2.75, 3.05) is 19.7 Å². The topological polar surface area (TPSA) is 45.6 Å². The maximum absolute atomic E-state index is 10.6. The highest BCUT2D eigenvalue weighted by molar-refractivity contribution is 5.21. The fourth-order valence-electron chi connectivity index (χ4n) is 2.65. The monoisotopic (exact) mass is 284 g/mol. The number of ether oxygens (including phenoxy) is 1. The van der Waals surface area contributed by atoms with E-state index in [1.807, 2.05) is 48.5 Å². The number of rotatable bonds is 5. The van der Waals surface area contributed by atoms with Crippen LogP contribution in [-0.4, -0.2) is 40.3 Å². The highest BCUT2D eigenvalue weighted by Gasteiger charge is 2.36. The molecule has 2 heterocycles. The first-order chi connectivity index (χ1) is 10.2. The molecule has 0 spiro atoms. The molecule has 0 radical (unpaired) electrons. The Balaban J connectivity index is 1.53. The van der Waals surface area contributed by atoms with Gasteiger partial charge in [-0.3, -0.25) is 9.88 Å². The Kier molecular flexibility index (Phi) is 4.18. The summed E-state index contributed by atoms with van der Waals surface area (Å²) in [4.78, 5) is 6.55. The van der Waals surface area contributed by atoms with Gasteiger partial charge in [-0.1, -0.05) is 24.3 Å². The van der Waals surface area contributed by atoms with Gasteiger partial charge in [-0.15, -0.1) is 0 Å². The number of nitrogens with zero attached hydrogens (tertiary/aromatic N) is 2. The quantitative estimate of drug-likeness (QED) is 0.913. The van der Waals surface area contributed by atoms with Crippen LogP contribution in [0.2, 0.25) is 0 Å². The Labute approximate surface area is 125 Å². The lowest BCUT2D eigenvalue weighted by molar-refractivity contribution is 0.00330. The first kappa shape index (κ1) is 14.0. The summed E-state index contributed by atoms with van der Waals surface area (Å²) in [6.45, 7) is 2.59. The lowest BCUT2D eigenvalue weighted by Gasteiger charge is -2.23. The normalized spacial score (nSPS) is 22.3. The van der Waals surface area contributed by atoms with Crippen LogP contribution < -0.4 is 4.74 Å². The largest absolute Gasteiger partial charge is 0.491 e. The standard InChI is InChI=1S/C17H20N2O2/c20-17(14-21-16-7-2-1-3-8-16)9-11-19(13-17)12-15-6-4-5-10-18-15/h1-8,10,20H,9,11-14H2. The molecule has 1 N–H and O–H groups in total. The molecule has 4 heteroatoms. The lowest BCUT2D eigenvalue weighted by Crippen LogP contribution is -2.39. The predicted molar refractivity (Wildman–Crippen MR) is 81.0 cm³/mol. The van der Waals surface area contributed by atoms with Gasteiger partial charge in [0.1, 0.15) is 18.0 Å². The molecule has 1 atom stereocenters. The summed E-state index contributed by atoms with van der Waals surface area (Å²) in [7, 11) is 0. The van der Waals surface area contributed by atoms with Gasteiger partial charge in [0.25, 0.3) is 0 Å². The fraction of sp³-hybridized carbons (Fsp3) is 0.353. The van der Waals surface area contributed by atoms with Crippen molar-refractivity contribution in [1.29, 1.82) is 0 Å². The number of likely N-dealkylation sites (tertiary alicyclic amines) is 1. The van der Waals surface area contributed by atoms with Crippen molar-refractivity contribution < 1.29 is 9.84 Å². The minimum atomic E-state index is -0.773. The summed E-state index contributed by atoms with van der Waals surface area (Å²) in [5.41, 5.74) is 0.260. The summed E-state index contributed by atoms with van der Waals surface area (Å²) < 4.78 is 5.70. The van der Waals surface area contributed by atoms with Crippen LogP contribution in [0.5, 0.6) is 5.75 Å². The summed E-state index contributed by atoms with van der Waals surface area (Å²) in [6.07, 6.45) is 2.53. The molecule has 1 saturated heterocycles. The Morgan fingerprint density at radius 1 is 1.14 bits per heavy atom. The van der Waals surface area contributed by atoms with Gasteiger partial charge in [0.05, 0.1) is 5.69 Å². The van der Waals surface area contributed by atoms with Crippen LogP contribution in [0.3, 0.4) is 0 Å². The van der Waals surface area contributed by atoms with E-state index in [1.165, 1.54) is 0 Å². The zero-order valence-electron chi connectivity index (χ0n) is 12.0.